The predicted molar refractivity (Wildman–Crippen MR) is 84.8 cm³/mol. The summed E-state index contributed by atoms with van der Waals surface area (Å²) in [5.74, 6) is -0.0444. The van der Waals surface area contributed by atoms with E-state index in [0.29, 0.717) is 23.9 Å². The van der Waals surface area contributed by atoms with Crippen molar-refractivity contribution in [3.05, 3.63) is 29.1 Å². The van der Waals surface area contributed by atoms with E-state index < -0.39 is 0 Å². The van der Waals surface area contributed by atoms with E-state index >= 15 is 0 Å². The van der Waals surface area contributed by atoms with Crippen molar-refractivity contribution in [1.29, 1.82) is 0 Å². The van der Waals surface area contributed by atoms with E-state index in [4.69, 9.17) is 20.9 Å². The molecule has 0 unspecified atom stereocenters. The highest BCUT2D eigenvalue weighted by molar-refractivity contribution is 6.30. The Labute approximate surface area is 143 Å². The van der Waals surface area contributed by atoms with E-state index in [1.807, 2.05) is 0 Å². The molecule has 0 saturated carbocycles. The number of hydrogen-bond acceptors (Lipinski definition) is 7. The highest BCUT2D eigenvalue weighted by Gasteiger charge is 2.15. The Hall–Kier alpha value is -1.97. The molecule has 3 rings (SSSR count). The molecule has 2 aromatic heterocycles. The van der Waals surface area contributed by atoms with Gasteiger partial charge in [-0.05, 0) is 13.0 Å². The van der Waals surface area contributed by atoms with Gasteiger partial charge in [-0.3, -0.25) is 14.4 Å². The molecule has 0 aliphatic carbocycles. The fourth-order valence-corrected chi connectivity index (χ4v) is 2.54. The van der Waals surface area contributed by atoms with Crippen LogP contribution in [0, 0.1) is 0 Å². The van der Waals surface area contributed by atoms with Crippen LogP contribution < -0.4 is 5.32 Å². The van der Waals surface area contributed by atoms with Crippen molar-refractivity contribution in [2.24, 2.45) is 0 Å². The monoisotopic (exact) mass is 354 g/mol. The first-order chi connectivity index (χ1) is 11.7. The molecule has 0 aromatic carbocycles. The van der Waals surface area contributed by atoms with Crippen molar-refractivity contribution in [2.45, 2.75) is 13.0 Å². The minimum absolute atomic E-state index is 0.0466. The van der Waals surface area contributed by atoms with Crippen molar-refractivity contribution >= 4 is 17.5 Å². The molecule has 0 bridgehead atoms. The van der Waals surface area contributed by atoms with E-state index in [9.17, 15) is 4.79 Å². The van der Waals surface area contributed by atoms with Gasteiger partial charge in [-0.25, -0.2) is 0 Å². The topological polar surface area (TPSA) is 98.3 Å². The Morgan fingerprint density at radius 1 is 1.38 bits per heavy atom. The predicted octanol–water partition coefficient (Wildman–Crippen LogP) is 0.420. The van der Waals surface area contributed by atoms with Crippen molar-refractivity contribution in [3.63, 3.8) is 0 Å². The lowest BCUT2D eigenvalue weighted by atomic mass is 10.3. The highest BCUT2D eigenvalue weighted by Crippen LogP contribution is 2.06. The van der Waals surface area contributed by atoms with Gasteiger partial charge in [0.1, 0.15) is 6.54 Å². The number of morpholine rings is 1. The van der Waals surface area contributed by atoms with E-state index in [0.717, 1.165) is 39.3 Å². The fourth-order valence-electron chi connectivity index (χ4n) is 2.39. The Morgan fingerprint density at radius 2 is 2.21 bits per heavy atom. The molecule has 3 heterocycles. The number of carbonyl (C=O) groups is 1. The van der Waals surface area contributed by atoms with Gasteiger partial charge >= 0.3 is 11.8 Å². The summed E-state index contributed by atoms with van der Waals surface area (Å²) in [6.07, 6.45) is 4.02. The minimum Gasteiger partial charge on any atom is -0.379 e. The zero-order valence-corrected chi connectivity index (χ0v) is 13.9. The number of amides is 1. The highest BCUT2D eigenvalue weighted by atomic mass is 35.5. The molecule has 1 aliphatic rings. The van der Waals surface area contributed by atoms with Gasteiger partial charge in [-0.15, -0.1) is 0 Å². The molecule has 24 heavy (non-hydrogen) atoms. The van der Waals surface area contributed by atoms with Crippen LogP contribution in [-0.4, -0.2) is 70.1 Å². The van der Waals surface area contributed by atoms with Crippen LogP contribution in [0.4, 0.5) is 0 Å². The molecular formula is C14H19ClN6O3. The smallest absolute Gasteiger partial charge is 0.316 e. The standard InChI is InChI=1S/C14H19ClN6O3/c15-11-8-17-21(9-11)10-12-18-14(24-19-12)13(22)16-2-1-3-20-4-6-23-7-5-20/h8-9H,1-7,10H2,(H,16,22). The zero-order chi connectivity index (χ0) is 16.8. The summed E-state index contributed by atoms with van der Waals surface area (Å²) in [6, 6.07) is 0. The van der Waals surface area contributed by atoms with Crippen molar-refractivity contribution in [2.75, 3.05) is 39.4 Å². The quantitative estimate of drug-likeness (QED) is 0.719. The van der Waals surface area contributed by atoms with Crippen LogP contribution in [0.2, 0.25) is 5.02 Å². The van der Waals surface area contributed by atoms with Crippen LogP contribution in [0.3, 0.4) is 0 Å². The first kappa shape index (κ1) is 16.9. The van der Waals surface area contributed by atoms with Gasteiger partial charge in [0.25, 0.3) is 0 Å². The number of rotatable bonds is 7. The number of carbonyl (C=O) groups excluding carboxylic acids is 1. The van der Waals surface area contributed by atoms with Gasteiger partial charge in [-0.1, -0.05) is 16.8 Å². The molecule has 2 aromatic rings. The zero-order valence-electron chi connectivity index (χ0n) is 13.2. The number of ether oxygens (including phenoxy) is 1. The summed E-state index contributed by atoms with van der Waals surface area (Å²) in [6.45, 7) is 5.22. The van der Waals surface area contributed by atoms with Gasteiger partial charge in [0.15, 0.2) is 5.82 Å². The Balaban J connectivity index is 1.40. The lowest BCUT2D eigenvalue weighted by molar-refractivity contribution is 0.0374. The van der Waals surface area contributed by atoms with Crippen LogP contribution >= 0.6 is 11.6 Å². The second-order valence-electron chi connectivity index (χ2n) is 5.44. The minimum atomic E-state index is -0.366. The number of nitrogens with one attached hydrogen (secondary N) is 1. The maximum Gasteiger partial charge on any atom is 0.316 e. The van der Waals surface area contributed by atoms with Crippen molar-refractivity contribution in [1.82, 2.24) is 30.1 Å². The van der Waals surface area contributed by atoms with Gasteiger partial charge in [0.2, 0.25) is 0 Å². The molecule has 0 radical (unpaired) electrons. The lowest BCUT2D eigenvalue weighted by Gasteiger charge is -2.26. The fraction of sp³-hybridized carbons (Fsp3) is 0.571. The van der Waals surface area contributed by atoms with Gasteiger partial charge in [-0.2, -0.15) is 10.1 Å². The van der Waals surface area contributed by atoms with E-state index in [2.05, 4.69) is 25.5 Å². The summed E-state index contributed by atoms with van der Waals surface area (Å²) in [7, 11) is 0. The molecule has 9 nitrogen and oxygen atoms in total. The molecule has 130 valence electrons. The third-order valence-electron chi connectivity index (χ3n) is 3.61. The molecule has 1 amide bonds. The largest absolute Gasteiger partial charge is 0.379 e. The van der Waals surface area contributed by atoms with Crippen molar-refractivity contribution in [3.8, 4) is 0 Å². The van der Waals surface area contributed by atoms with Crippen LogP contribution in [0.5, 0.6) is 0 Å². The van der Waals surface area contributed by atoms with Crippen LogP contribution in [0.1, 0.15) is 22.9 Å². The summed E-state index contributed by atoms with van der Waals surface area (Å²) in [5, 5.41) is 11.1. The Kier molecular flexibility index (Phi) is 5.78. The molecule has 0 atom stereocenters. The summed E-state index contributed by atoms with van der Waals surface area (Å²) in [5.41, 5.74) is 0. The number of aromatic nitrogens is 4. The van der Waals surface area contributed by atoms with Crippen LogP contribution in [-0.2, 0) is 11.3 Å². The van der Waals surface area contributed by atoms with Crippen molar-refractivity contribution < 1.29 is 14.1 Å². The van der Waals surface area contributed by atoms with E-state index in [-0.39, 0.29) is 11.8 Å². The number of nitrogens with zero attached hydrogens (tertiary/aromatic N) is 5. The number of hydrogen-bond donors (Lipinski definition) is 1. The summed E-state index contributed by atoms with van der Waals surface area (Å²) in [4.78, 5) is 18.4. The molecule has 1 N–H and O–H groups in total. The maximum absolute atomic E-state index is 12.0. The molecule has 1 aliphatic heterocycles. The summed E-state index contributed by atoms with van der Waals surface area (Å²) < 4.78 is 11.8. The van der Waals surface area contributed by atoms with Gasteiger partial charge in [0.05, 0.1) is 24.4 Å². The molecular weight excluding hydrogens is 336 g/mol. The van der Waals surface area contributed by atoms with Gasteiger partial charge in [0, 0.05) is 25.8 Å². The normalized spacial score (nSPS) is 15.5. The molecule has 0 spiro atoms. The average Bonchev–Trinajstić information content (AvgIpc) is 3.22. The molecule has 1 fully saturated rings. The van der Waals surface area contributed by atoms with E-state index in [1.165, 1.54) is 6.20 Å². The second kappa shape index (κ2) is 8.22. The number of halogens is 1. The SMILES string of the molecule is O=C(NCCCN1CCOCC1)c1nc(Cn2cc(Cl)cn2)no1. The summed E-state index contributed by atoms with van der Waals surface area (Å²) >= 11 is 5.79. The third-order valence-corrected chi connectivity index (χ3v) is 3.80. The maximum atomic E-state index is 12.0. The third kappa shape index (κ3) is 4.76. The molecule has 10 heteroatoms. The lowest BCUT2D eigenvalue weighted by Crippen LogP contribution is -2.38. The average molecular weight is 355 g/mol. The first-order valence-corrected chi connectivity index (χ1v) is 8.17. The van der Waals surface area contributed by atoms with Crippen LogP contribution in [0.15, 0.2) is 16.9 Å². The van der Waals surface area contributed by atoms with E-state index in [1.54, 1.807) is 10.9 Å². The first-order valence-electron chi connectivity index (χ1n) is 7.79. The second-order valence-corrected chi connectivity index (χ2v) is 5.87. The molecule has 1 saturated heterocycles. The Morgan fingerprint density at radius 3 is 2.96 bits per heavy atom. The Bertz CT molecular complexity index is 667. The van der Waals surface area contributed by atoms with Crippen LogP contribution in [0.25, 0.3) is 0 Å². The van der Waals surface area contributed by atoms with Gasteiger partial charge < -0.3 is 14.6 Å².